The van der Waals surface area contributed by atoms with E-state index in [1.54, 1.807) is 20.8 Å². The first-order valence-electron chi connectivity index (χ1n) is 12.8. The predicted molar refractivity (Wildman–Crippen MR) is 128 cm³/mol. The zero-order chi connectivity index (χ0) is 25.4. The molecule has 0 radical (unpaired) electrons. The first kappa shape index (κ1) is 33.0. The molecule has 0 saturated heterocycles. The quantitative estimate of drug-likeness (QED) is 0.513. The Hall–Kier alpha value is -0.954. The Morgan fingerprint density at radius 3 is 0.882 bits per heavy atom. The van der Waals surface area contributed by atoms with Crippen molar-refractivity contribution in [3.8, 4) is 0 Å². The molecule has 192 valence electrons. The second-order valence-electron chi connectivity index (χ2n) is 12.1. The van der Waals surface area contributed by atoms with Gasteiger partial charge in [0, 0.05) is 34.2 Å². The van der Waals surface area contributed by atoms with E-state index in [9.17, 15) is 29.7 Å². The topological polar surface area (TPSA) is 120 Å². The van der Waals surface area contributed by atoms with Crippen molar-refractivity contribution in [1.29, 1.82) is 0 Å². The van der Waals surface area contributed by atoms with Gasteiger partial charge in [0.25, 0.3) is 0 Å². The smallest absolute Gasteiger partial charge is 0.550 e. The van der Waals surface area contributed by atoms with Crippen molar-refractivity contribution < 1.29 is 29.7 Å². The van der Waals surface area contributed by atoms with E-state index < -0.39 is 34.2 Å². The van der Waals surface area contributed by atoms with Crippen molar-refractivity contribution in [1.82, 2.24) is 0 Å². The van der Waals surface area contributed by atoms with Crippen LogP contribution in [-0.2, 0) is 14.4 Å². The number of hydrogen-bond acceptors (Lipinski definition) is 6. The van der Waals surface area contributed by atoms with Gasteiger partial charge in [-0.25, -0.2) is 0 Å². The van der Waals surface area contributed by atoms with E-state index in [0.29, 0.717) is 17.8 Å². The Kier molecular flexibility index (Phi) is 13.6. The van der Waals surface area contributed by atoms with Crippen LogP contribution in [0, 0.1) is 34.0 Å². The second kappa shape index (κ2) is 14.0. The third-order valence-corrected chi connectivity index (χ3v) is 8.15. The summed E-state index contributed by atoms with van der Waals surface area (Å²) < 4.78 is 0. The molecule has 0 heterocycles. The Labute approximate surface area is 219 Å². The van der Waals surface area contributed by atoms with Gasteiger partial charge in [0.1, 0.15) is 0 Å². The molecule has 0 N–H and O–H groups in total. The van der Waals surface area contributed by atoms with Crippen LogP contribution in [0.15, 0.2) is 0 Å². The monoisotopic (exact) mass is 534 g/mol. The Morgan fingerprint density at radius 2 is 0.765 bits per heavy atom. The number of carboxylic acids is 3. The standard InChI is InChI=1S/3C9H16O2.Ga/c3*1-7-4-3-5-9(2,6-7)8(10)11;/h3*7H,3-6H2,1-2H3,(H,10,11);/q;;;+3/p-3. The van der Waals surface area contributed by atoms with Gasteiger partial charge in [-0.15, -0.1) is 0 Å². The summed E-state index contributed by atoms with van der Waals surface area (Å²) in [6, 6.07) is 0. The van der Waals surface area contributed by atoms with Crippen LogP contribution in [0.3, 0.4) is 0 Å². The molecule has 3 aliphatic carbocycles. The summed E-state index contributed by atoms with van der Waals surface area (Å²) in [6.45, 7) is 11.7. The number of hydrogen-bond donors (Lipinski definition) is 0. The zero-order valence-corrected chi connectivity index (χ0v) is 24.7. The van der Waals surface area contributed by atoms with Gasteiger partial charge < -0.3 is 29.7 Å². The molecule has 0 bridgehead atoms. The van der Waals surface area contributed by atoms with Crippen LogP contribution in [-0.4, -0.2) is 37.7 Å². The zero-order valence-electron chi connectivity index (χ0n) is 22.2. The molecule has 6 nitrogen and oxygen atoms in total. The van der Waals surface area contributed by atoms with Gasteiger partial charge in [-0.2, -0.15) is 0 Å². The van der Waals surface area contributed by atoms with E-state index in [1.165, 1.54) is 19.3 Å². The Balaban J connectivity index is 0.000000473. The van der Waals surface area contributed by atoms with Gasteiger partial charge in [-0.05, 0) is 56.3 Å². The molecule has 6 unspecified atom stereocenters. The van der Waals surface area contributed by atoms with Crippen molar-refractivity contribution in [3.63, 3.8) is 0 Å². The summed E-state index contributed by atoms with van der Waals surface area (Å²) in [4.78, 5) is 32.1. The second-order valence-corrected chi connectivity index (χ2v) is 12.1. The first-order chi connectivity index (χ1) is 15.1. The fourth-order valence-corrected chi connectivity index (χ4v) is 6.00. The van der Waals surface area contributed by atoms with Crippen molar-refractivity contribution in [2.45, 2.75) is 119 Å². The summed E-state index contributed by atoms with van der Waals surface area (Å²) in [5, 5.41) is 32.1. The largest absolute Gasteiger partial charge is 3.00 e. The molecule has 3 aliphatic rings. The molecule has 0 spiro atoms. The van der Waals surface area contributed by atoms with E-state index in [4.69, 9.17) is 0 Å². The minimum atomic E-state index is -0.871. The van der Waals surface area contributed by atoms with Gasteiger partial charge >= 0.3 is 19.8 Å². The summed E-state index contributed by atoms with van der Waals surface area (Å²) in [5.41, 5.74) is -1.63. The third kappa shape index (κ3) is 9.96. The van der Waals surface area contributed by atoms with E-state index in [0.717, 1.165) is 57.8 Å². The van der Waals surface area contributed by atoms with Crippen LogP contribution in [0.25, 0.3) is 0 Å². The van der Waals surface area contributed by atoms with Gasteiger partial charge in [0.15, 0.2) is 0 Å². The third-order valence-electron chi connectivity index (χ3n) is 8.15. The van der Waals surface area contributed by atoms with Crippen LogP contribution >= 0.6 is 0 Å². The number of rotatable bonds is 3. The Morgan fingerprint density at radius 1 is 0.559 bits per heavy atom. The summed E-state index contributed by atoms with van der Waals surface area (Å²) in [5.74, 6) is -0.970. The van der Waals surface area contributed by atoms with E-state index >= 15 is 0 Å². The van der Waals surface area contributed by atoms with Crippen LogP contribution in [0.2, 0.25) is 0 Å². The maximum atomic E-state index is 10.7. The van der Waals surface area contributed by atoms with Crippen molar-refractivity contribution in [3.05, 3.63) is 0 Å². The average molecular weight is 535 g/mol. The molecule has 0 aromatic rings. The molecule has 7 heteroatoms. The number of carbonyl (C=O) groups is 3. The molecule has 34 heavy (non-hydrogen) atoms. The molecular formula is C27H45GaO6. The van der Waals surface area contributed by atoms with Gasteiger partial charge in [-0.1, -0.05) is 80.1 Å². The predicted octanol–water partition coefficient (Wildman–Crippen LogP) is 2.48. The molecule has 3 rings (SSSR count). The summed E-state index contributed by atoms with van der Waals surface area (Å²) >= 11 is 0. The molecular weight excluding hydrogens is 490 g/mol. The summed E-state index contributed by atoms with van der Waals surface area (Å²) in [6.07, 6.45) is 11.3. The molecule has 3 fully saturated rings. The van der Waals surface area contributed by atoms with Crippen LogP contribution < -0.4 is 15.3 Å². The van der Waals surface area contributed by atoms with Crippen LogP contribution in [0.1, 0.15) is 119 Å². The van der Waals surface area contributed by atoms with Gasteiger partial charge in [-0.3, -0.25) is 0 Å². The maximum Gasteiger partial charge on any atom is 3.00 e. The van der Waals surface area contributed by atoms with Crippen LogP contribution in [0.4, 0.5) is 0 Å². The minimum absolute atomic E-state index is 0. The molecule has 3 saturated carbocycles. The van der Waals surface area contributed by atoms with Crippen molar-refractivity contribution in [2.75, 3.05) is 0 Å². The number of carboxylic acid groups (broad SMARTS) is 3. The molecule has 0 aromatic carbocycles. The molecule has 6 atom stereocenters. The summed E-state index contributed by atoms with van der Waals surface area (Å²) in [7, 11) is 0. The van der Waals surface area contributed by atoms with E-state index in [-0.39, 0.29) is 19.8 Å². The maximum absolute atomic E-state index is 10.7. The molecule has 0 aromatic heterocycles. The first-order valence-corrected chi connectivity index (χ1v) is 12.8. The van der Waals surface area contributed by atoms with Gasteiger partial charge in [0.05, 0.1) is 0 Å². The van der Waals surface area contributed by atoms with E-state index in [1.807, 2.05) is 0 Å². The SMILES string of the molecule is CC1CCCC(C)(C(=O)[O-])C1.CC1CCCC(C)(C(=O)[O-])C1.CC1CCCC(C)(C(=O)[O-])C1.[Ga+3]. The Bertz CT molecular complexity index is 592. The molecule has 0 aliphatic heterocycles. The number of aliphatic carboxylic acids is 3. The minimum Gasteiger partial charge on any atom is -0.550 e. The number of carbonyl (C=O) groups excluding carboxylic acids is 3. The normalized spacial score (nSPS) is 37.4. The fourth-order valence-electron chi connectivity index (χ4n) is 6.00. The van der Waals surface area contributed by atoms with Crippen LogP contribution in [0.5, 0.6) is 0 Å². The average Bonchev–Trinajstić information content (AvgIpc) is 2.68. The molecule has 0 amide bonds. The van der Waals surface area contributed by atoms with Gasteiger partial charge in [0.2, 0.25) is 0 Å². The van der Waals surface area contributed by atoms with E-state index in [2.05, 4.69) is 20.8 Å². The van der Waals surface area contributed by atoms with Crippen molar-refractivity contribution in [2.24, 2.45) is 34.0 Å². The van der Waals surface area contributed by atoms with Crippen molar-refractivity contribution >= 4 is 37.7 Å². The fraction of sp³-hybridized carbons (Fsp3) is 0.889.